The minimum atomic E-state index is 0. The molecule has 0 aliphatic carbocycles. The molecule has 4 heterocycles. The van der Waals surface area contributed by atoms with Crippen LogP contribution in [-0.2, 0) is 20.1 Å². The summed E-state index contributed by atoms with van der Waals surface area (Å²) < 4.78 is 7.49. The van der Waals surface area contributed by atoms with Crippen molar-refractivity contribution in [1.29, 1.82) is 0 Å². The molecule has 0 aliphatic heterocycles. The molecule has 7 aromatic rings. The van der Waals surface area contributed by atoms with E-state index >= 15 is 0 Å². The quantitative estimate of drug-likeness (QED) is 0.178. The Morgan fingerprint density at radius 1 is 0.629 bits per heavy atom. The van der Waals surface area contributed by atoms with Crippen molar-refractivity contribution in [2.24, 2.45) is 0 Å². The second-order valence-electron chi connectivity index (χ2n) is 7.68. The van der Waals surface area contributed by atoms with Gasteiger partial charge in [-0.15, -0.1) is 65.4 Å². The van der Waals surface area contributed by atoms with Gasteiger partial charge in [-0.25, -0.2) is 0 Å². The van der Waals surface area contributed by atoms with Crippen molar-refractivity contribution in [2.75, 3.05) is 0 Å². The van der Waals surface area contributed by atoms with Crippen LogP contribution in [0.2, 0.25) is 0 Å². The first-order valence-electron chi connectivity index (χ1n) is 10.9. The molecule has 171 valence electrons. The van der Waals surface area contributed by atoms with Crippen LogP contribution >= 0.6 is 11.3 Å². The Balaban J connectivity index is 0.000000167. The molecule has 0 amide bonds. The molecule has 0 atom stereocenters. The molecule has 0 bridgehead atoms. The van der Waals surface area contributed by atoms with Crippen LogP contribution < -0.4 is 0 Å². The van der Waals surface area contributed by atoms with E-state index in [1.807, 2.05) is 66.7 Å². The van der Waals surface area contributed by atoms with Gasteiger partial charge < -0.3 is 14.4 Å². The number of pyridine rings is 2. The van der Waals surface area contributed by atoms with Crippen LogP contribution in [0.5, 0.6) is 0 Å². The molecule has 4 aromatic heterocycles. The van der Waals surface area contributed by atoms with Gasteiger partial charge in [-0.1, -0.05) is 41.3 Å². The van der Waals surface area contributed by atoms with E-state index in [1.165, 1.54) is 10.1 Å². The third-order valence-corrected chi connectivity index (χ3v) is 6.48. The Bertz CT molecular complexity index is 1660. The standard InChI is InChI=1S/C19H10NOS.C11H8N.Ir/c1-2-10-20-16(6-1)14-5-3-4-12-13-7-8-17-15(9-11-22-17)19(13)21-18(12)14;1-2-6-10(7-3-1)11-8-4-5-9-12-11;/h1-4,6-11H;1-6,8-9H;/q2*-1;. The van der Waals surface area contributed by atoms with Crippen molar-refractivity contribution >= 4 is 43.4 Å². The third kappa shape index (κ3) is 4.54. The van der Waals surface area contributed by atoms with Gasteiger partial charge in [-0.05, 0) is 41.0 Å². The first-order valence-corrected chi connectivity index (χ1v) is 11.8. The van der Waals surface area contributed by atoms with Gasteiger partial charge in [0.2, 0.25) is 0 Å². The van der Waals surface area contributed by atoms with Crippen molar-refractivity contribution in [2.45, 2.75) is 0 Å². The number of furan rings is 1. The minimum absolute atomic E-state index is 0. The summed E-state index contributed by atoms with van der Waals surface area (Å²) in [5.74, 6) is 0. The number of fused-ring (bicyclic) bond motifs is 5. The van der Waals surface area contributed by atoms with Crippen LogP contribution in [0.3, 0.4) is 0 Å². The second-order valence-corrected chi connectivity index (χ2v) is 8.63. The number of hydrogen-bond acceptors (Lipinski definition) is 4. The number of nitrogens with zero attached hydrogens (tertiary/aromatic N) is 2. The third-order valence-electron chi connectivity index (χ3n) is 5.60. The van der Waals surface area contributed by atoms with Gasteiger partial charge >= 0.3 is 0 Å². The molecule has 3 aromatic carbocycles. The molecule has 3 nitrogen and oxygen atoms in total. The molecule has 35 heavy (non-hydrogen) atoms. The first kappa shape index (κ1) is 23.1. The molecule has 1 radical (unpaired) electrons. The maximum absolute atomic E-state index is 6.25. The molecule has 0 saturated heterocycles. The van der Waals surface area contributed by atoms with Crippen molar-refractivity contribution in [3.8, 4) is 22.5 Å². The van der Waals surface area contributed by atoms with Crippen LogP contribution in [0.15, 0.2) is 113 Å². The van der Waals surface area contributed by atoms with Crippen molar-refractivity contribution < 1.29 is 24.5 Å². The monoisotopic (exact) mass is 647 g/mol. The number of benzene rings is 3. The Labute approximate surface area is 220 Å². The van der Waals surface area contributed by atoms with E-state index in [9.17, 15) is 0 Å². The summed E-state index contributed by atoms with van der Waals surface area (Å²) in [5, 5.41) is 5.53. The van der Waals surface area contributed by atoms with Gasteiger partial charge in [-0.2, -0.15) is 0 Å². The van der Waals surface area contributed by atoms with E-state index in [0.29, 0.717) is 0 Å². The van der Waals surface area contributed by atoms with Gasteiger partial charge in [0.25, 0.3) is 0 Å². The topological polar surface area (TPSA) is 38.9 Å². The minimum Gasteiger partial charge on any atom is -0.500 e. The Morgan fingerprint density at radius 2 is 1.40 bits per heavy atom. The summed E-state index contributed by atoms with van der Waals surface area (Å²) in [4.78, 5) is 8.65. The van der Waals surface area contributed by atoms with E-state index in [4.69, 9.17) is 4.42 Å². The summed E-state index contributed by atoms with van der Waals surface area (Å²) >= 11 is 1.73. The van der Waals surface area contributed by atoms with E-state index in [2.05, 4.69) is 51.7 Å². The second kappa shape index (κ2) is 10.3. The number of aromatic nitrogens is 2. The molecule has 0 fully saturated rings. The van der Waals surface area contributed by atoms with Gasteiger partial charge in [0, 0.05) is 48.0 Å². The fourth-order valence-electron chi connectivity index (χ4n) is 4.02. The molecule has 0 aliphatic rings. The molecule has 0 spiro atoms. The van der Waals surface area contributed by atoms with Gasteiger partial charge in [-0.3, -0.25) is 0 Å². The normalized spacial score (nSPS) is 10.6. The summed E-state index contributed by atoms with van der Waals surface area (Å²) in [6.45, 7) is 0. The zero-order chi connectivity index (χ0) is 22.7. The average Bonchev–Trinajstić information content (AvgIpc) is 3.55. The average molecular weight is 647 g/mol. The van der Waals surface area contributed by atoms with E-state index in [0.717, 1.165) is 44.5 Å². The van der Waals surface area contributed by atoms with Crippen LogP contribution in [0, 0.1) is 12.1 Å². The fourth-order valence-corrected chi connectivity index (χ4v) is 4.80. The van der Waals surface area contributed by atoms with Crippen molar-refractivity contribution in [3.05, 3.63) is 121 Å². The predicted octanol–water partition coefficient (Wildman–Crippen LogP) is 8.21. The van der Waals surface area contributed by atoms with Crippen LogP contribution in [0.1, 0.15) is 0 Å². The largest absolute Gasteiger partial charge is 0.500 e. The van der Waals surface area contributed by atoms with Crippen molar-refractivity contribution in [3.63, 3.8) is 0 Å². The molecule has 0 saturated carbocycles. The Hall–Kier alpha value is -3.63. The van der Waals surface area contributed by atoms with Gasteiger partial charge in [0.1, 0.15) is 5.58 Å². The van der Waals surface area contributed by atoms with Crippen molar-refractivity contribution in [1.82, 2.24) is 9.97 Å². The molecular weight excluding hydrogens is 629 g/mol. The van der Waals surface area contributed by atoms with Gasteiger partial charge in [0.15, 0.2) is 0 Å². The first-order chi connectivity index (χ1) is 16.9. The van der Waals surface area contributed by atoms with E-state index < -0.39 is 0 Å². The summed E-state index contributed by atoms with van der Waals surface area (Å²) in [7, 11) is 0. The molecular formula is C30H18IrN2OS-2. The number of rotatable bonds is 2. The van der Waals surface area contributed by atoms with Crippen LogP contribution in [-0.4, -0.2) is 9.97 Å². The number of hydrogen-bond donors (Lipinski definition) is 0. The predicted molar refractivity (Wildman–Crippen MR) is 140 cm³/mol. The van der Waals surface area contributed by atoms with Gasteiger partial charge in [0.05, 0.1) is 5.58 Å². The maximum atomic E-state index is 6.25. The maximum Gasteiger partial charge on any atom is 0.129 e. The summed E-state index contributed by atoms with van der Waals surface area (Å²) in [6.07, 6.45) is 3.58. The van der Waals surface area contributed by atoms with Crippen LogP contribution in [0.25, 0.3) is 54.5 Å². The Morgan fingerprint density at radius 3 is 2.14 bits per heavy atom. The SMILES string of the molecule is [Ir].[c-]1ccc2c(oc3c4ccsc4ccc23)c1-c1ccccn1.[c-]1ccccc1-c1ccccn1. The molecule has 0 unspecified atom stereocenters. The van der Waals surface area contributed by atoms with Crippen LogP contribution in [0.4, 0.5) is 0 Å². The zero-order valence-electron chi connectivity index (χ0n) is 18.4. The Kier molecular flexibility index (Phi) is 6.82. The summed E-state index contributed by atoms with van der Waals surface area (Å²) in [6, 6.07) is 36.4. The molecule has 7 rings (SSSR count). The zero-order valence-corrected chi connectivity index (χ0v) is 21.6. The molecule has 5 heteroatoms. The van der Waals surface area contributed by atoms with E-state index in [1.54, 1.807) is 23.7 Å². The fraction of sp³-hybridized carbons (Fsp3) is 0. The summed E-state index contributed by atoms with van der Waals surface area (Å²) in [5.41, 5.74) is 5.61. The smallest absolute Gasteiger partial charge is 0.129 e. The van der Waals surface area contributed by atoms with E-state index in [-0.39, 0.29) is 20.1 Å². The molecule has 0 N–H and O–H groups in total. The number of thiophene rings is 1.